The molecular weight excluding hydrogens is 364 g/mol. The third-order valence-electron chi connectivity index (χ3n) is 6.30. The SMILES string of the molecule is CCC(C)c1ccc(CC(N)C(C)=NC(=C2CC2)c2ccc(C(C)(C)C)cc2)cc1. The molecule has 0 bridgehead atoms. The largest absolute Gasteiger partial charge is 0.323 e. The maximum absolute atomic E-state index is 6.55. The topological polar surface area (TPSA) is 38.4 Å². The zero-order valence-electron chi connectivity index (χ0n) is 19.6. The van der Waals surface area contributed by atoms with E-state index in [-0.39, 0.29) is 11.5 Å². The lowest BCUT2D eigenvalue weighted by Crippen LogP contribution is -2.31. The molecule has 2 nitrogen and oxygen atoms in total. The van der Waals surface area contributed by atoms with Gasteiger partial charge < -0.3 is 5.73 Å². The van der Waals surface area contributed by atoms with Gasteiger partial charge in [0, 0.05) is 17.3 Å². The summed E-state index contributed by atoms with van der Waals surface area (Å²) >= 11 is 0. The van der Waals surface area contributed by atoms with Crippen molar-refractivity contribution in [2.45, 2.75) is 84.6 Å². The third kappa shape index (κ3) is 5.70. The van der Waals surface area contributed by atoms with Gasteiger partial charge in [-0.15, -0.1) is 0 Å². The first-order valence-electron chi connectivity index (χ1n) is 11.4. The monoisotopic (exact) mass is 402 g/mol. The molecule has 1 saturated carbocycles. The predicted octanol–water partition coefficient (Wildman–Crippen LogP) is 7.03. The molecule has 0 amide bonds. The fourth-order valence-electron chi connectivity index (χ4n) is 3.65. The van der Waals surface area contributed by atoms with Crippen LogP contribution >= 0.6 is 0 Å². The van der Waals surface area contributed by atoms with Crippen molar-refractivity contribution in [3.05, 3.63) is 76.4 Å². The number of benzene rings is 2. The molecule has 3 rings (SSSR count). The molecule has 0 radical (unpaired) electrons. The number of hydrogen-bond acceptors (Lipinski definition) is 2. The van der Waals surface area contributed by atoms with Crippen molar-refractivity contribution in [1.82, 2.24) is 0 Å². The van der Waals surface area contributed by atoms with E-state index in [0.29, 0.717) is 5.92 Å². The summed E-state index contributed by atoms with van der Waals surface area (Å²) in [6.45, 7) is 13.3. The van der Waals surface area contributed by atoms with Crippen LogP contribution in [0.1, 0.15) is 89.0 Å². The summed E-state index contributed by atoms with van der Waals surface area (Å²) in [5.41, 5.74) is 15.5. The van der Waals surface area contributed by atoms with Crippen LogP contribution in [-0.4, -0.2) is 11.8 Å². The second-order valence-electron chi connectivity index (χ2n) is 9.89. The Morgan fingerprint density at radius 2 is 1.60 bits per heavy atom. The van der Waals surface area contributed by atoms with Gasteiger partial charge in [-0.1, -0.05) is 83.1 Å². The van der Waals surface area contributed by atoms with Crippen molar-refractivity contribution in [3.8, 4) is 0 Å². The van der Waals surface area contributed by atoms with Gasteiger partial charge in [0.2, 0.25) is 0 Å². The molecule has 1 fully saturated rings. The molecule has 2 heteroatoms. The lowest BCUT2D eigenvalue weighted by Gasteiger charge is -2.19. The second kappa shape index (κ2) is 9.31. The van der Waals surface area contributed by atoms with Crippen LogP contribution in [0.3, 0.4) is 0 Å². The number of aliphatic imine (C=N–C) groups is 1. The standard InChI is InChI=1S/C28H38N2/c1-7-19(2)22-10-8-21(9-11-22)18-26(29)20(3)30-27(23-12-13-23)24-14-16-25(17-15-24)28(4,5)6/h8-11,14-17,19,26H,7,12-13,18,29H2,1-6H3. The average molecular weight is 403 g/mol. The first kappa shape index (κ1) is 22.5. The maximum Gasteiger partial charge on any atom is 0.0694 e. The molecule has 0 aliphatic heterocycles. The molecule has 1 aliphatic carbocycles. The molecule has 0 aromatic heterocycles. The molecule has 2 aromatic rings. The first-order chi connectivity index (χ1) is 14.2. The summed E-state index contributed by atoms with van der Waals surface area (Å²) in [6.07, 6.45) is 4.29. The van der Waals surface area contributed by atoms with Gasteiger partial charge >= 0.3 is 0 Å². The molecule has 2 N–H and O–H groups in total. The van der Waals surface area contributed by atoms with Gasteiger partial charge in [-0.25, -0.2) is 0 Å². The molecule has 2 unspecified atom stereocenters. The Kier molecular flexibility index (Phi) is 6.98. The molecule has 1 aliphatic rings. The van der Waals surface area contributed by atoms with Gasteiger partial charge in [0.05, 0.1) is 5.70 Å². The summed E-state index contributed by atoms with van der Waals surface area (Å²) in [4.78, 5) is 5.03. The quantitative estimate of drug-likeness (QED) is 0.496. The van der Waals surface area contributed by atoms with E-state index < -0.39 is 0 Å². The number of hydrogen-bond donors (Lipinski definition) is 1. The summed E-state index contributed by atoms with van der Waals surface area (Å²) in [6, 6.07) is 17.8. The number of allylic oxidation sites excluding steroid dienone is 1. The van der Waals surface area contributed by atoms with E-state index >= 15 is 0 Å². The highest BCUT2D eigenvalue weighted by Gasteiger charge is 2.21. The lowest BCUT2D eigenvalue weighted by atomic mass is 9.86. The Morgan fingerprint density at radius 1 is 1.00 bits per heavy atom. The molecule has 0 spiro atoms. The Labute approximate surface area is 183 Å². The van der Waals surface area contributed by atoms with Crippen LogP contribution in [0.4, 0.5) is 0 Å². The van der Waals surface area contributed by atoms with E-state index in [9.17, 15) is 0 Å². The Bertz CT molecular complexity index is 903. The highest BCUT2D eigenvalue weighted by molar-refractivity contribution is 5.93. The highest BCUT2D eigenvalue weighted by Crippen LogP contribution is 2.38. The molecule has 2 atom stereocenters. The zero-order valence-corrected chi connectivity index (χ0v) is 19.6. The summed E-state index contributed by atoms with van der Waals surface area (Å²) < 4.78 is 0. The van der Waals surface area contributed by atoms with Crippen LogP contribution in [0.2, 0.25) is 0 Å². The number of nitrogens with two attached hydrogens (primary N) is 1. The summed E-state index contributed by atoms with van der Waals surface area (Å²) in [7, 11) is 0. The molecule has 30 heavy (non-hydrogen) atoms. The van der Waals surface area contributed by atoms with Crippen molar-refractivity contribution in [1.29, 1.82) is 0 Å². The normalized spacial score (nSPS) is 16.4. The van der Waals surface area contributed by atoms with Crippen molar-refractivity contribution in [2.75, 3.05) is 0 Å². The number of nitrogens with zero attached hydrogens (tertiary/aromatic N) is 1. The first-order valence-corrected chi connectivity index (χ1v) is 11.4. The van der Waals surface area contributed by atoms with Gasteiger partial charge in [-0.05, 0) is 66.2 Å². The van der Waals surface area contributed by atoms with Crippen molar-refractivity contribution < 1.29 is 0 Å². The fourth-order valence-corrected chi connectivity index (χ4v) is 3.65. The molecule has 0 heterocycles. The van der Waals surface area contributed by atoms with E-state index in [1.807, 2.05) is 0 Å². The van der Waals surface area contributed by atoms with Gasteiger partial charge in [0.25, 0.3) is 0 Å². The van der Waals surface area contributed by atoms with Crippen LogP contribution in [0.5, 0.6) is 0 Å². The maximum atomic E-state index is 6.55. The minimum Gasteiger partial charge on any atom is -0.323 e. The summed E-state index contributed by atoms with van der Waals surface area (Å²) in [5, 5.41) is 0. The van der Waals surface area contributed by atoms with Crippen molar-refractivity contribution in [3.63, 3.8) is 0 Å². The second-order valence-corrected chi connectivity index (χ2v) is 9.89. The van der Waals surface area contributed by atoms with E-state index in [1.54, 1.807) is 0 Å². The minimum absolute atomic E-state index is 0.0670. The molecule has 0 saturated heterocycles. The van der Waals surface area contributed by atoms with Crippen molar-refractivity contribution >= 4 is 11.4 Å². The summed E-state index contributed by atoms with van der Waals surface area (Å²) in [5.74, 6) is 0.605. The molecule has 2 aromatic carbocycles. The van der Waals surface area contributed by atoms with Gasteiger partial charge in [0.15, 0.2) is 0 Å². The van der Waals surface area contributed by atoms with Gasteiger partial charge in [-0.3, -0.25) is 4.99 Å². The Balaban J connectivity index is 1.74. The van der Waals surface area contributed by atoms with Gasteiger partial charge in [-0.2, -0.15) is 0 Å². The van der Waals surface area contributed by atoms with E-state index in [0.717, 1.165) is 30.7 Å². The van der Waals surface area contributed by atoms with Gasteiger partial charge in [0.1, 0.15) is 0 Å². The average Bonchev–Trinajstić information content (AvgIpc) is 3.56. The van der Waals surface area contributed by atoms with Crippen molar-refractivity contribution in [2.24, 2.45) is 10.7 Å². The molecule has 160 valence electrons. The smallest absolute Gasteiger partial charge is 0.0694 e. The van der Waals surface area contributed by atoms with Crippen LogP contribution in [0.25, 0.3) is 5.70 Å². The Hall–Kier alpha value is -2.19. The number of rotatable bonds is 7. The minimum atomic E-state index is -0.0670. The zero-order chi connectivity index (χ0) is 21.9. The van der Waals surface area contributed by atoms with Crippen LogP contribution in [0, 0.1) is 0 Å². The van der Waals surface area contributed by atoms with Crippen LogP contribution in [0.15, 0.2) is 59.1 Å². The van der Waals surface area contributed by atoms with E-state index in [4.69, 9.17) is 10.7 Å². The molecular formula is C28H38N2. The Morgan fingerprint density at radius 3 is 2.10 bits per heavy atom. The predicted molar refractivity (Wildman–Crippen MR) is 131 cm³/mol. The van der Waals surface area contributed by atoms with Crippen LogP contribution < -0.4 is 5.73 Å². The van der Waals surface area contributed by atoms with E-state index in [1.165, 1.54) is 34.2 Å². The van der Waals surface area contributed by atoms with E-state index in [2.05, 4.69) is 90.1 Å². The lowest BCUT2D eigenvalue weighted by molar-refractivity contribution is 0.590. The third-order valence-corrected chi connectivity index (χ3v) is 6.30. The fraction of sp³-hybridized carbons (Fsp3) is 0.464. The van der Waals surface area contributed by atoms with Crippen LogP contribution in [-0.2, 0) is 11.8 Å². The highest BCUT2D eigenvalue weighted by atomic mass is 14.8.